The van der Waals surface area contributed by atoms with Gasteiger partial charge in [0.2, 0.25) is 0 Å². The highest BCUT2D eigenvalue weighted by Crippen LogP contribution is 2.29. The maximum Gasteiger partial charge on any atom is 0.266 e. The Morgan fingerprint density at radius 2 is 1.96 bits per heavy atom. The second-order valence-electron chi connectivity index (χ2n) is 5.10. The number of carbonyl (C=O) groups excluding carboxylic acids is 1. The minimum Gasteiger partial charge on any atom is -0.493 e. The minimum atomic E-state index is -0.557. The summed E-state index contributed by atoms with van der Waals surface area (Å²) in [4.78, 5) is 12.3. The van der Waals surface area contributed by atoms with Crippen molar-refractivity contribution in [3.05, 3.63) is 57.6 Å². The summed E-state index contributed by atoms with van der Waals surface area (Å²) >= 11 is 11.8. The molecule has 0 heterocycles. The first-order chi connectivity index (χ1) is 12.5. The number of hydrogen-bond donors (Lipinski definition) is 1. The van der Waals surface area contributed by atoms with E-state index in [1.807, 2.05) is 13.0 Å². The number of methoxy groups -OCH3 is 1. The van der Waals surface area contributed by atoms with E-state index in [2.05, 4.69) is 5.32 Å². The number of nitrogens with zero attached hydrogens (tertiary/aromatic N) is 1. The summed E-state index contributed by atoms with van der Waals surface area (Å²) in [7, 11) is 1.52. The third kappa shape index (κ3) is 4.92. The summed E-state index contributed by atoms with van der Waals surface area (Å²) in [5, 5.41) is 12.6. The molecule has 26 heavy (non-hydrogen) atoms. The Balaban J connectivity index is 2.25. The van der Waals surface area contributed by atoms with Crippen LogP contribution in [0.3, 0.4) is 0 Å². The van der Waals surface area contributed by atoms with E-state index >= 15 is 0 Å². The molecule has 0 radical (unpaired) electrons. The van der Waals surface area contributed by atoms with Crippen LogP contribution in [0.2, 0.25) is 10.0 Å². The molecular weight excluding hydrogens is 375 g/mol. The number of rotatable bonds is 6. The van der Waals surface area contributed by atoms with Crippen LogP contribution in [0.15, 0.2) is 42.0 Å². The third-order valence-electron chi connectivity index (χ3n) is 3.34. The Morgan fingerprint density at radius 3 is 2.58 bits per heavy atom. The van der Waals surface area contributed by atoms with Crippen molar-refractivity contribution in [2.45, 2.75) is 6.92 Å². The Bertz CT molecular complexity index is 889. The molecule has 1 N–H and O–H groups in total. The van der Waals surface area contributed by atoms with E-state index in [-0.39, 0.29) is 5.57 Å². The van der Waals surface area contributed by atoms with Gasteiger partial charge in [-0.1, -0.05) is 29.3 Å². The fourth-order valence-electron chi connectivity index (χ4n) is 2.14. The van der Waals surface area contributed by atoms with Crippen LogP contribution in [0, 0.1) is 11.3 Å². The molecule has 0 unspecified atom stereocenters. The molecule has 5 nitrogen and oxygen atoms in total. The number of nitriles is 1. The van der Waals surface area contributed by atoms with Crippen LogP contribution in [0.5, 0.6) is 11.5 Å². The van der Waals surface area contributed by atoms with Crippen LogP contribution in [-0.2, 0) is 4.79 Å². The molecule has 0 spiro atoms. The fourth-order valence-corrected chi connectivity index (χ4v) is 2.43. The number of anilines is 1. The largest absolute Gasteiger partial charge is 0.493 e. The van der Waals surface area contributed by atoms with Gasteiger partial charge in [-0.15, -0.1) is 0 Å². The lowest BCUT2D eigenvalue weighted by atomic mass is 10.1. The average Bonchev–Trinajstić information content (AvgIpc) is 2.63. The van der Waals surface area contributed by atoms with Gasteiger partial charge in [0.1, 0.15) is 11.6 Å². The second kappa shape index (κ2) is 9.14. The van der Waals surface area contributed by atoms with Crippen molar-refractivity contribution >= 4 is 40.9 Å². The maximum atomic E-state index is 12.3. The molecule has 2 rings (SSSR count). The van der Waals surface area contributed by atoms with Crippen LogP contribution >= 0.6 is 23.2 Å². The molecule has 1 amide bonds. The van der Waals surface area contributed by atoms with Gasteiger partial charge in [-0.05, 0) is 48.9 Å². The highest BCUT2D eigenvalue weighted by atomic mass is 35.5. The first-order valence-corrected chi connectivity index (χ1v) is 8.43. The van der Waals surface area contributed by atoms with Crippen molar-refractivity contribution < 1.29 is 14.3 Å². The third-order valence-corrected chi connectivity index (χ3v) is 4.08. The summed E-state index contributed by atoms with van der Waals surface area (Å²) in [6.45, 7) is 2.37. The van der Waals surface area contributed by atoms with Crippen molar-refractivity contribution in [3.8, 4) is 17.6 Å². The summed E-state index contributed by atoms with van der Waals surface area (Å²) < 4.78 is 10.7. The minimum absolute atomic E-state index is 0.0673. The normalized spacial score (nSPS) is 10.8. The molecule has 0 atom stereocenters. The van der Waals surface area contributed by atoms with Crippen LogP contribution in [0.4, 0.5) is 5.69 Å². The Morgan fingerprint density at radius 1 is 1.19 bits per heavy atom. The Labute approximate surface area is 161 Å². The van der Waals surface area contributed by atoms with Crippen LogP contribution < -0.4 is 14.8 Å². The number of amides is 1. The predicted molar refractivity (Wildman–Crippen MR) is 103 cm³/mol. The SMILES string of the molecule is CCOc1ccc(/C=C(/C#N)C(=O)Nc2ccc(Cl)c(Cl)c2)cc1OC. The molecule has 0 bridgehead atoms. The van der Waals surface area contributed by atoms with Crippen LogP contribution in [0.25, 0.3) is 6.08 Å². The van der Waals surface area contributed by atoms with Gasteiger partial charge in [-0.3, -0.25) is 4.79 Å². The number of nitrogens with one attached hydrogen (secondary N) is 1. The first kappa shape index (κ1) is 19.6. The monoisotopic (exact) mass is 390 g/mol. The van der Waals surface area contributed by atoms with Crippen molar-refractivity contribution in [1.29, 1.82) is 5.26 Å². The first-order valence-electron chi connectivity index (χ1n) is 7.67. The van der Waals surface area contributed by atoms with Gasteiger partial charge >= 0.3 is 0 Å². The molecule has 134 valence electrons. The molecular formula is C19H16Cl2N2O3. The maximum absolute atomic E-state index is 12.3. The van der Waals surface area contributed by atoms with Gasteiger partial charge in [-0.25, -0.2) is 0 Å². The molecule has 0 aliphatic rings. The summed E-state index contributed by atoms with van der Waals surface area (Å²) in [6.07, 6.45) is 1.46. The van der Waals surface area contributed by atoms with E-state index in [0.717, 1.165) is 0 Å². The fraction of sp³-hybridized carbons (Fsp3) is 0.158. The van der Waals surface area contributed by atoms with Gasteiger partial charge < -0.3 is 14.8 Å². The lowest BCUT2D eigenvalue weighted by Crippen LogP contribution is -2.13. The van der Waals surface area contributed by atoms with E-state index in [4.69, 9.17) is 32.7 Å². The molecule has 0 saturated heterocycles. The zero-order valence-corrected chi connectivity index (χ0v) is 15.7. The van der Waals surface area contributed by atoms with E-state index < -0.39 is 5.91 Å². The van der Waals surface area contributed by atoms with Gasteiger partial charge in [0.25, 0.3) is 5.91 Å². The summed E-state index contributed by atoms with van der Waals surface area (Å²) in [6, 6.07) is 11.7. The van der Waals surface area contributed by atoms with Gasteiger partial charge in [0, 0.05) is 5.69 Å². The predicted octanol–water partition coefficient (Wildman–Crippen LogP) is 4.95. The topological polar surface area (TPSA) is 71.3 Å². The van der Waals surface area contributed by atoms with Crippen molar-refractivity contribution in [1.82, 2.24) is 0 Å². The highest BCUT2D eigenvalue weighted by molar-refractivity contribution is 6.42. The quantitative estimate of drug-likeness (QED) is 0.559. The van der Waals surface area contributed by atoms with Crippen molar-refractivity contribution in [3.63, 3.8) is 0 Å². The van der Waals surface area contributed by atoms with Crippen LogP contribution in [0.1, 0.15) is 12.5 Å². The van der Waals surface area contributed by atoms with E-state index in [0.29, 0.717) is 39.4 Å². The van der Waals surface area contributed by atoms with E-state index in [1.54, 1.807) is 30.3 Å². The van der Waals surface area contributed by atoms with Gasteiger partial charge in [0.05, 0.1) is 23.8 Å². The van der Waals surface area contributed by atoms with Crippen LogP contribution in [-0.4, -0.2) is 19.6 Å². The molecule has 7 heteroatoms. The smallest absolute Gasteiger partial charge is 0.266 e. The van der Waals surface area contributed by atoms with Gasteiger partial charge in [0.15, 0.2) is 11.5 Å². The van der Waals surface area contributed by atoms with E-state index in [9.17, 15) is 10.1 Å². The number of benzene rings is 2. The highest BCUT2D eigenvalue weighted by Gasteiger charge is 2.12. The zero-order valence-electron chi connectivity index (χ0n) is 14.2. The number of halogens is 2. The summed E-state index contributed by atoms with van der Waals surface area (Å²) in [5.74, 6) is 0.549. The van der Waals surface area contributed by atoms with E-state index in [1.165, 1.54) is 19.3 Å². The molecule has 0 saturated carbocycles. The van der Waals surface area contributed by atoms with Crippen molar-refractivity contribution in [2.75, 3.05) is 19.0 Å². The molecule has 0 aliphatic carbocycles. The number of ether oxygens (including phenoxy) is 2. The molecule has 2 aromatic rings. The average molecular weight is 391 g/mol. The second-order valence-corrected chi connectivity index (χ2v) is 5.91. The summed E-state index contributed by atoms with van der Waals surface area (Å²) in [5.41, 5.74) is 1.00. The standard InChI is InChI=1S/C19H16Cl2N2O3/c1-3-26-17-7-4-12(9-18(17)25-2)8-13(11-22)19(24)23-14-5-6-15(20)16(21)10-14/h4-10H,3H2,1-2H3,(H,23,24)/b13-8-. The zero-order chi connectivity index (χ0) is 19.1. The Hall–Kier alpha value is -2.68. The van der Waals surface area contributed by atoms with Gasteiger partial charge in [-0.2, -0.15) is 5.26 Å². The molecule has 0 aliphatic heterocycles. The number of hydrogen-bond acceptors (Lipinski definition) is 4. The molecule has 0 aromatic heterocycles. The lowest BCUT2D eigenvalue weighted by molar-refractivity contribution is -0.112. The Kier molecular flexibility index (Phi) is 6.90. The van der Waals surface area contributed by atoms with Crippen molar-refractivity contribution in [2.24, 2.45) is 0 Å². The number of carbonyl (C=O) groups is 1. The molecule has 2 aromatic carbocycles. The lowest BCUT2D eigenvalue weighted by Gasteiger charge is -2.10. The molecule has 0 fully saturated rings.